The van der Waals surface area contributed by atoms with E-state index in [0.717, 1.165) is 29.7 Å². The lowest BCUT2D eigenvalue weighted by atomic mass is 10.1. The zero-order chi connectivity index (χ0) is 24.1. The monoisotopic (exact) mass is 480 g/mol. The van der Waals surface area contributed by atoms with Crippen LogP contribution in [-0.4, -0.2) is 38.3 Å². The quantitative estimate of drug-likeness (QED) is 0.496. The summed E-state index contributed by atoms with van der Waals surface area (Å²) in [7, 11) is -3.47. The number of anilines is 1. The third-order valence-electron chi connectivity index (χ3n) is 5.47. The predicted molar refractivity (Wildman–Crippen MR) is 131 cm³/mol. The van der Waals surface area contributed by atoms with E-state index in [1.807, 2.05) is 26.0 Å². The Balaban J connectivity index is 1.28. The average molecular weight is 481 g/mol. The molecule has 8 heteroatoms. The molecule has 0 spiro atoms. The Morgan fingerprint density at radius 3 is 2.06 bits per heavy atom. The molecule has 178 valence electrons. The van der Waals surface area contributed by atoms with Gasteiger partial charge < -0.3 is 14.8 Å². The number of rotatable bonds is 8. The fraction of sp³-hybridized carbons (Fsp3) is 0.269. The maximum Gasteiger partial charge on any atom is 0.262 e. The largest absolute Gasteiger partial charge is 0.484 e. The number of carbonyl (C=O) groups is 1. The minimum absolute atomic E-state index is 0.175. The van der Waals surface area contributed by atoms with E-state index in [4.69, 9.17) is 9.47 Å². The maximum atomic E-state index is 12.6. The molecule has 1 amide bonds. The predicted octanol–water partition coefficient (Wildman–Crippen LogP) is 4.90. The number of hydrogen-bond donors (Lipinski definition) is 1. The van der Waals surface area contributed by atoms with Gasteiger partial charge in [-0.25, -0.2) is 8.42 Å². The fourth-order valence-corrected chi connectivity index (χ4v) is 5.38. The van der Waals surface area contributed by atoms with Crippen molar-refractivity contribution in [1.29, 1.82) is 0 Å². The highest BCUT2D eigenvalue weighted by Gasteiger charge is 2.26. The van der Waals surface area contributed by atoms with Crippen LogP contribution in [0, 0.1) is 13.8 Å². The van der Waals surface area contributed by atoms with Gasteiger partial charge in [0.15, 0.2) is 6.61 Å². The zero-order valence-corrected chi connectivity index (χ0v) is 20.1. The van der Waals surface area contributed by atoms with Gasteiger partial charge in [0.2, 0.25) is 10.0 Å². The lowest BCUT2D eigenvalue weighted by molar-refractivity contribution is -0.118. The molecule has 0 unspecified atom stereocenters. The van der Waals surface area contributed by atoms with E-state index in [1.54, 1.807) is 36.4 Å². The first-order valence-electron chi connectivity index (χ1n) is 11.2. The average Bonchev–Trinajstić information content (AvgIpc) is 3.34. The summed E-state index contributed by atoms with van der Waals surface area (Å²) in [5, 5.41) is 2.72. The molecule has 1 N–H and O–H groups in total. The van der Waals surface area contributed by atoms with E-state index < -0.39 is 10.0 Å². The molecule has 0 radical (unpaired) electrons. The molecular formula is C26H28N2O5S. The van der Waals surface area contributed by atoms with Gasteiger partial charge in [0.1, 0.15) is 17.2 Å². The molecule has 34 heavy (non-hydrogen) atoms. The first kappa shape index (κ1) is 23.8. The minimum Gasteiger partial charge on any atom is -0.484 e. The van der Waals surface area contributed by atoms with Crippen LogP contribution in [0.1, 0.15) is 24.0 Å². The van der Waals surface area contributed by atoms with Gasteiger partial charge in [-0.1, -0.05) is 6.07 Å². The van der Waals surface area contributed by atoms with E-state index in [1.165, 1.54) is 16.4 Å². The van der Waals surface area contributed by atoms with Gasteiger partial charge in [0, 0.05) is 18.8 Å². The number of nitrogens with one attached hydrogen (secondary N) is 1. The molecule has 3 aromatic rings. The van der Waals surface area contributed by atoms with Crippen LogP contribution < -0.4 is 14.8 Å². The van der Waals surface area contributed by atoms with Crippen LogP contribution in [0.15, 0.2) is 71.6 Å². The van der Waals surface area contributed by atoms with Gasteiger partial charge in [-0.3, -0.25) is 4.79 Å². The Labute approximate surface area is 200 Å². The van der Waals surface area contributed by atoms with E-state index in [2.05, 4.69) is 11.4 Å². The van der Waals surface area contributed by atoms with Gasteiger partial charge in [-0.2, -0.15) is 4.31 Å². The third kappa shape index (κ3) is 5.95. The van der Waals surface area contributed by atoms with Crippen molar-refractivity contribution in [3.05, 3.63) is 77.9 Å². The van der Waals surface area contributed by atoms with Gasteiger partial charge in [0.05, 0.1) is 4.90 Å². The van der Waals surface area contributed by atoms with Crippen molar-refractivity contribution >= 4 is 21.6 Å². The van der Waals surface area contributed by atoms with Crippen LogP contribution in [0.3, 0.4) is 0 Å². The summed E-state index contributed by atoms with van der Waals surface area (Å²) < 4.78 is 38.1. The Kier molecular flexibility index (Phi) is 7.19. The van der Waals surface area contributed by atoms with Crippen molar-refractivity contribution < 1.29 is 22.7 Å². The van der Waals surface area contributed by atoms with Crippen LogP contribution in [-0.2, 0) is 14.8 Å². The Hall–Kier alpha value is -3.36. The fourth-order valence-electron chi connectivity index (χ4n) is 3.87. The Bertz CT molecular complexity index is 1230. The summed E-state index contributed by atoms with van der Waals surface area (Å²) in [6.45, 7) is 4.97. The maximum absolute atomic E-state index is 12.6. The molecule has 1 saturated heterocycles. The standard InChI is InChI=1S/C26H28N2O5S/c1-19-15-20(2)17-24(16-19)33-23-9-7-22(8-10-23)32-18-26(29)27-21-5-11-25(12-6-21)34(30,31)28-13-3-4-14-28/h5-12,15-17H,3-4,13-14,18H2,1-2H3,(H,27,29). The first-order valence-corrected chi connectivity index (χ1v) is 12.6. The molecule has 0 aromatic heterocycles. The second-order valence-electron chi connectivity index (χ2n) is 8.37. The third-order valence-corrected chi connectivity index (χ3v) is 7.38. The number of benzene rings is 3. The Morgan fingerprint density at radius 1 is 0.853 bits per heavy atom. The minimum atomic E-state index is -3.47. The normalized spacial score (nSPS) is 14.1. The van der Waals surface area contributed by atoms with Gasteiger partial charge in [0.25, 0.3) is 5.91 Å². The van der Waals surface area contributed by atoms with Crippen LogP contribution in [0.25, 0.3) is 0 Å². The van der Waals surface area contributed by atoms with Gasteiger partial charge in [-0.05, 0) is 98.5 Å². The molecule has 0 aliphatic carbocycles. The number of ether oxygens (including phenoxy) is 2. The van der Waals surface area contributed by atoms with E-state index in [9.17, 15) is 13.2 Å². The SMILES string of the molecule is Cc1cc(C)cc(Oc2ccc(OCC(=O)Nc3ccc(S(=O)(=O)N4CCCC4)cc3)cc2)c1. The topological polar surface area (TPSA) is 84.9 Å². The Morgan fingerprint density at radius 2 is 1.44 bits per heavy atom. The number of carbonyl (C=O) groups excluding carboxylic acids is 1. The highest BCUT2D eigenvalue weighted by Crippen LogP contribution is 2.26. The number of hydrogen-bond acceptors (Lipinski definition) is 5. The summed E-state index contributed by atoms with van der Waals surface area (Å²) in [4.78, 5) is 12.5. The van der Waals surface area contributed by atoms with Gasteiger partial charge >= 0.3 is 0 Å². The molecule has 1 aliphatic heterocycles. The van der Waals surface area contributed by atoms with Crippen molar-refractivity contribution in [2.75, 3.05) is 25.0 Å². The molecular weight excluding hydrogens is 452 g/mol. The van der Waals surface area contributed by atoms with E-state index >= 15 is 0 Å². The van der Waals surface area contributed by atoms with E-state index in [0.29, 0.717) is 30.3 Å². The van der Waals surface area contributed by atoms with Crippen molar-refractivity contribution in [1.82, 2.24) is 4.31 Å². The number of sulfonamides is 1. The smallest absolute Gasteiger partial charge is 0.262 e. The molecule has 1 fully saturated rings. The molecule has 7 nitrogen and oxygen atoms in total. The summed E-state index contributed by atoms with van der Waals surface area (Å²) in [5.74, 6) is 1.64. The van der Waals surface area contributed by atoms with Gasteiger partial charge in [-0.15, -0.1) is 0 Å². The second kappa shape index (κ2) is 10.3. The number of nitrogens with zero attached hydrogens (tertiary/aromatic N) is 1. The molecule has 0 saturated carbocycles. The number of aryl methyl sites for hydroxylation is 2. The summed E-state index contributed by atoms with van der Waals surface area (Å²) in [6, 6.07) is 19.3. The van der Waals surface area contributed by atoms with Crippen LogP contribution in [0.5, 0.6) is 17.2 Å². The number of amides is 1. The summed E-state index contributed by atoms with van der Waals surface area (Å²) >= 11 is 0. The van der Waals surface area contributed by atoms with Crippen LogP contribution in [0.2, 0.25) is 0 Å². The molecule has 1 aliphatic rings. The summed E-state index contributed by atoms with van der Waals surface area (Å²) in [6.07, 6.45) is 1.77. The van der Waals surface area contributed by atoms with Crippen molar-refractivity contribution in [3.63, 3.8) is 0 Å². The van der Waals surface area contributed by atoms with Crippen LogP contribution in [0.4, 0.5) is 5.69 Å². The first-order chi connectivity index (χ1) is 16.3. The van der Waals surface area contributed by atoms with Crippen molar-refractivity contribution in [2.45, 2.75) is 31.6 Å². The van der Waals surface area contributed by atoms with Crippen molar-refractivity contribution in [3.8, 4) is 17.2 Å². The molecule has 0 atom stereocenters. The highest BCUT2D eigenvalue weighted by molar-refractivity contribution is 7.89. The van der Waals surface area contributed by atoms with E-state index in [-0.39, 0.29) is 17.4 Å². The highest BCUT2D eigenvalue weighted by atomic mass is 32.2. The second-order valence-corrected chi connectivity index (χ2v) is 10.3. The van der Waals surface area contributed by atoms with Crippen molar-refractivity contribution in [2.24, 2.45) is 0 Å². The molecule has 3 aromatic carbocycles. The zero-order valence-electron chi connectivity index (χ0n) is 19.3. The summed E-state index contributed by atoms with van der Waals surface area (Å²) in [5.41, 5.74) is 2.76. The molecule has 4 rings (SSSR count). The lowest BCUT2D eigenvalue weighted by Crippen LogP contribution is -2.27. The van der Waals surface area contributed by atoms with Crippen LogP contribution >= 0.6 is 0 Å². The lowest BCUT2D eigenvalue weighted by Gasteiger charge is -2.15. The molecule has 0 bridgehead atoms. The molecule has 1 heterocycles.